The molecule has 2 atom stereocenters. The number of benzene rings is 1. The Bertz CT molecular complexity index is 853. The van der Waals surface area contributed by atoms with E-state index in [2.05, 4.69) is 44.8 Å². The van der Waals surface area contributed by atoms with Crippen molar-refractivity contribution >= 4 is 5.96 Å². The van der Waals surface area contributed by atoms with E-state index in [1.54, 1.807) is 0 Å². The summed E-state index contributed by atoms with van der Waals surface area (Å²) in [6.45, 7) is 8.56. The Labute approximate surface area is 178 Å². The van der Waals surface area contributed by atoms with Crippen LogP contribution in [0.5, 0.6) is 5.75 Å². The summed E-state index contributed by atoms with van der Waals surface area (Å²) < 4.78 is 8.05. The first-order chi connectivity index (χ1) is 14.6. The fraction of sp³-hybridized carbons (Fsp3) is 0.591. The molecule has 0 radical (unpaired) electrons. The Kier molecular flexibility index (Phi) is 6.52. The Balaban J connectivity index is 1.37. The van der Waals surface area contributed by atoms with Crippen molar-refractivity contribution in [1.82, 2.24) is 30.3 Å². The number of rotatable bonds is 7. The van der Waals surface area contributed by atoms with Gasteiger partial charge in [0.15, 0.2) is 11.8 Å². The molecule has 3 heterocycles. The van der Waals surface area contributed by atoms with Gasteiger partial charge in [0.2, 0.25) is 0 Å². The lowest BCUT2D eigenvalue weighted by molar-refractivity contribution is 0.234. The van der Waals surface area contributed by atoms with Crippen LogP contribution in [0.3, 0.4) is 0 Å². The molecule has 1 fully saturated rings. The molecular weight excluding hydrogens is 378 g/mol. The normalized spacial score (nSPS) is 21.5. The topological polar surface area (TPSA) is 79.6 Å². The first-order valence-corrected chi connectivity index (χ1v) is 11.0. The van der Waals surface area contributed by atoms with Crippen LogP contribution in [0.25, 0.3) is 0 Å². The number of nitrogens with zero attached hydrogens (tertiary/aromatic N) is 5. The molecule has 1 aromatic heterocycles. The van der Waals surface area contributed by atoms with E-state index in [1.807, 2.05) is 30.7 Å². The predicted octanol–water partition coefficient (Wildman–Crippen LogP) is 1.65. The van der Waals surface area contributed by atoms with Gasteiger partial charge >= 0.3 is 0 Å². The summed E-state index contributed by atoms with van der Waals surface area (Å²) in [6, 6.07) is 8.83. The molecule has 0 aliphatic carbocycles. The molecule has 30 heavy (non-hydrogen) atoms. The van der Waals surface area contributed by atoms with Gasteiger partial charge in [-0.2, -0.15) is 0 Å². The summed E-state index contributed by atoms with van der Waals surface area (Å²) in [4.78, 5) is 7.32. The lowest BCUT2D eigenvalue weighted by Crippen LogP contribution is -2.47. The van der Waals surface area contributed by atoms with Crippen LogP contribution in [0.15, 0.2) is 29.3 Å². The Hall–Kier alpha value is -2.61. The van der Waals surface area contributed by atoms with E-state index in [4.69, 9.17) is 9.73 Å². The summed E-state index contributed by atoms with van der Waals surface area (Å²) in [7, 11) is 1.97. The lowest BCUT2D eigenvalue weighted by atomic mass is 10.1. The SMILES string of the molecule is CCN1CCCC1CNC(=NCc1nnc(C)n1C)NCC1Cc2ccccc2O1. The molecule has 8 heteroatoms. The molecule has 2 unspecified atom stereocenters. The highest BCUT2D eigenvalue weighted by Gasteiger charge is 2.24. The van der Waals surface area contributed by atoms with Crippen LogP contribution in [-0.4, -0.2) is 63.9 Å². The molecule has 0 bridgehead atoms. The molecule has 162 valence electrons. The average Bonchev–Trinajstić information content (AvgIpc) is 3.47. The van der Waals surface area contributed by atoms with Crippen LogP contribution in [0.4, 0.5) is 0 Å². The highest BCUT2D eigenvalue weighted by atomic mass is 16.5. The summed E-state index contributed by atoms with van der Waals surface area (Å²) in [5.74, 6) is 3.55. The minimum absolute atomic E-state index is 0.116. The number of hydrogen-bond acceptors (Lipinski definition) is 5. The zero-order valence-corrected chi connectivity index (χ0v) is 18.3. The molecule has 2 aromatic rings. The number of guanidine groups is 1. The van der Waals surface area contributed by atoms with E-state index >= 15 is 0 Å². The standard InChI is InChI=1S/C22H33N7O/c1-4-29-11-7-9-18(29)13-23-22(25-15-21-27-26-16(2)28(21)3)24-14-19-12-17-8-5-6-10-20(17)30-19/h5-6,8,10,18-19H,4,7,9,11-15H2,1-3H3,(H2,23,24,25). The van der Waals surface area contributed by atoms with Crippen LogP contribution in [0, 0.1) is 6.92 Å². The maximum absolute atomic E-state index is 6.07. The van der Waals surface area contributed by atoms with Gasteiger partial charge < -0.3 is 19.9 Å². The number of para-hydroxylation sites is 1. The number of ether oxygens (including phenoxy) is 1. The number of nitrogens with one attached hydrogen (secondary N) is 2. The molecule has 0 saturated carbocycles. The number of likely N-dealkylation sites (N-methyl/N-ethyl adjacent to an activating group) is 1. The van der Waals surface area contributed by atoms with E-state index in [1.165, 1.54) is 24.9 Å². The number of aliphatic imine (C=N–C) groups is 1. The molecule has 8 nitrogen and oxygen atoms in total. The quantitative estimate of drug-likeness (QED) is 0.533. The number of aromatic nitrogens is 3. The van der Waals surface area contributed by atoms with E-state index < -0.39 is 0 Å². The van der Waals surface area contributed by atoms with Crippen LogP contribution in [-0.2, 0) is 20.0 Å². The maximum Gasteiger partial charge on any atom is 0.191 e. The lowest BCUT2D eigenvalue weighted by Gasteiger charge is -2.24. The number of aryl methyl sites for hydroxylation is 1. The van der Waals surface area contributed by atoms with Crippen molar-refractivity contribution in [3.8, 4) is 5.75 Å². The van der Waals surface area contributed by atoms with Crippen molar-refractivity contribution in [3.05, 3.63) is 41.5 Å². The van der Waals surface area contributed by atoms with Crippen molar-refractivity contribution in [2.75, 3.05) is 26.2 Å². The van der Waals surface area contributed by atoms with Crippen molar-refractivity contribution in [2.24, 2.45) is 12.0 Å². The van der Waals surface area contributed by atoms with Gasteiger partial charge in [-0.05, 0) is 44.5 Å². The first kappa shape index (κ1) is 20.7. The summed E-state index contributed by atoms with van der Waals surface area (Å²) >= 11 is 0. The van der Waals surface area contributed by atoms with Crippen LogP contribution in [0.2, 0.25) is 0 Å². The van der Waals surface area contributed by atoms with Gasteiger partial charge in [0, 0.05) is 26.1 Å². The van der Waals surface area contributed by atoms with E-state index in [0.29, 0.717) is 19.1 Å². The van der Waals surface area contributed by atoms with Crippen LogP contribution < -0.4 is 15.4 Å². The Morgan fingerprint density at radius 1 is 1.23 bits per heavy atom. The van der Waals surface area contributed by atoms with Crippen molar-refractivity contribution in [3.63, 3.8) is 0 Å². The predicted molar refractivity (Wildman–Crippen MR) is 118 cm³/mol. The monoisotopic (exact) mass is 411 g/mol. The highest BCUT2D eigenvalue weighted by molar-refractivity contribution is 5.79. The van der Waals surface area contributed by atoms with Gasteiger partial charge in [-0.25, -0.2) is 4.99 Å². The van der Waals surface area contributed by atoms with Gasteiger partial charge in [0.05, 0.1) is 6.54 Å². The molecule has 0 spiro atoms. The van der Waals surface area contributed by atoms with Gasteiger partial charge in [0.1, 0.15) is 24.2 Å². The fourth-order valence-corrected chi connectivity index (χ4v) is 4.25. The van der Waals surface area contributed by atoms with Crippen molar-refractivity contribution in [2.45, 2.75) is 51.8 Å². The third-order valence-corrected chi connectivity index (χ3v) is 6.18. The zero-order chi connectivity index (χ0) is 20.9. The number of likely N-dealkylation sites (tertiary alicyclic amines) is 1. The van der Waals surface area contributed by atoms with Crippen LogP contribution in [0.1, 0.15) is 37.0 Å². The fourth-order valence-electron chi connectivity index (χ4n) is 4.25. The third kappa shape index (κ3) is 4.75. The molecule has 2 aliphatic rings. The maximum atomic E-state index is 6.07. The zero-order valence-electron chi connectivity index (χ0n) is 18.3. The smallest absolute Gasteiger partial charge is 0.191 e. The van der Waals surface area contributed by atoms with Crippen LogP contribution >= 0.6 is 0 Å². The minimum atomic E-state index is 0.116. The van der Waals surface area contributed by atoms with E-state index in [9.17, 15) is 0 Å². The van der Waals surface area contributed by atoms with Crippen molar-refractivity contribution in [1.29, 1.82) is 0 Å². The second-order valence-electron chi connectivity index (χ2n) is 8.13. The second kappa shape index (κ2) is 9.47. The third-order valence-electron chi connectivity index (χ3n) is 6.18. The second-order valence-corrected chi connectivity index (χ2v) is 8.13. The molecule has 1 saturated heterocycles. The van der Waals surface area contributed by atoms with Crippen molar-refractivity contribution < 1.29 is 4.74 Å². The number of hydrogen-bond donors (Lipinski definition) is 2. The summed E-state index contributed by atoms with van der Waals surface area (Å²) in [6.07, 6.45) is 3.54. The molecular formula is C22H33N7O. The largest absolute Gasteiger partial charge is 0.488 e. The molecule has 2 aliphatic heterocycles. The number of fused-ring (bicyclic) bond motifs is 1. The minimum Gasteiger partial charge on any atom is -0.488 e. The van der Waals surface area contributed by atoms with E-state index in [-0.39, 0.29) is 6.10 Å². The summed E-state index contributed by atoms with van der Waals surface area (Å²) in [5, 5.41) is 15.4. The van der Waals surface area contributed by atoms with Gasteiger partial charge in [-0.1, -0.05) is 25.1 Å². The van der Waals surface area contributed by atoms with Gasteiger partial charge in [0.25, 0.3) is 0 Å². The first-order valence-electron chi connectivity index (χ1n) is 11.0. The molecule has 1 aromatic carbocycles. The summed E-state index contributed by atoms with van der Waals surface area (Å²) in [5.41, 5.74) is 1.27. The Morgan fingerprint density at radius 2 is 2.07 bits per heavy atom. The van der Waals surface area contributed by atoms with Gasteiger partial charge in [-0.15, -0.1) is 10.2 Å². The highest BCUT2D eigenvalue weighted by Crippen LogP contribution is 2.27. The molecule has 4 rings (SSSR count). The molecule has 0 amide bonds. The average molecular weight is 412 g/mol. The van der Waals surface area contributed by atoms with Gasteiger partial charge in [-0.3, -0.25) is 4.90 Å². The van der Waals surface area contributed by atoms with E-state index in [0.717, 1.165) is 42.9 Å². The molecule has 2 N–H and O–H groups in total. The Morgan fingerprint density at radius 3 is 2.83 bits per heavy atom.